The largest absolute Gasteiger partial charge is 0.366 e. The summed E-state index contributed by atoms with van der Waals surface area (Å²) in [5.74, 6) is 1.43. The normalized spacial score (nSPS) is 22.4. The quantitative estimate of drug-likeness (QED) is 0.684. The van der Waals surface area contributed by atoms with Crippen LogP contribution in [0.4, 0.5) is 0 Å². The molecule has 1 aliphatic heterocycles. The van der Waals surface area contributed by atoms with Crippen LogP contribution in [-0.4, -0.2) is 35.9 Å². The number of aromatic nitrogens is 1. The molecule has 0 radical (unpaired) electrons. The number of primary amides is 1. The lowest BCUT2D eigenvalue weighted by atomic mass is 9.82. The Morgan fingerprint density at radius 3 is 2.62 bits per heavy atom. The van der Waals surface area contributed by atoms with E-state index in [1.54, 1.807) is 11.1 Å². The summed E-state index contributed by atoms with van der Waals surface area (Å²) in [6, 6.07) is 12.6. The maximum Gasteiger partial charge on any atom is 0.248 e. The molecule has 2 aliphatic rings. The standard InChI is InChI=1S/C25H29N3O/c1-15-11-21(16-3-4-16)22(20-9-10-27-24(15)20)12-19-13-28(2)14-23(19)17-5-7-18(8-6-17)25(26)29/h5-11,16,19,23,27H,3-4,12-14H2,1-2H3,(H2,26,29)/t19-,23+/m1/s1. The predicted molar refractivity (Wildman–Crippen MR) is 117 cm³/mol. The second-order valence-electron chi connectivity index (χ2n) is 9.08. The van der Waals surface area contributed by atoms with Crippen molar-refractivity contribution in [2.75, 3.05) is 20.1 Å². The molecular weight excluding hydrogens is 358 g/mol. The molecule has 4 heteroatoms. The van der Waals surface area contributed by atoms with Gasteiger partial charge in [0.25, 0.3) is 0 Å². The van der Waals surface area contributed by atoms with Crippen LogP contribution >= 0.6 is 0 Å². The molecule has 4 nitrogen and oxygen atoms in total. The summed E-state index contributed by atoms with van der Waals surface area (Å²) in [5.41, 5.74) is 13.1. The maximum atomic E-state index is 11.4. The maximum absolute atomic E-state index is 11.4. The number of rotatable bonds is 5. The Hall–Kier alpha value is -2.59. The number of fused-ring (bicyclic) bond motifs is 1. The van der Waals surface area contributed by atoms with Crippen LogP contribution in [0.15, 0.2) is 42.6 Å². The Morgan fingerprint density at radius 1 is 1.17 bits per heavy atom. The fraction of sp³-hybridized carbons (Fsp3) is 0.400. The Kier molecular flexibility index (Phi) is 4.47. The smallest absolute Gasteiger partial charge is 0.248 e. The van der Waals surface area contributed by atoms with E-state index in [2.05, 4.69) is 54.3 Å². The van der Waals surface area contributed by atoms with Gasteiger partial charge < -0.3 is 15.6 Å². The van der Waals surface area contributed by atoms with E-state index in [1.807, 2.05) is 12.1 Å². The van der Waals surface area contributed by atoms with Crippen molar-refractivity contribution in [3.05, 3.63) is 70.4 Å². The zero-order chi connectivity index (χ0) is 20.1. The van der Waals surface area contributed by atoms with Gasteiger partial charge in [0, 0.05) is 41.7 Å². The van der Waals surface area contributed by atoms with E-state index in [-0.39, 0.29) is 5.91 Å². The number of H-pyrrole nitrogens is 1. The molecule has 0 unspecified atom stereocenters. The van der Waals surface area contributed by atoms with E-state index < -0.39 is 0 Å². The molecule has 5 rings (SSSR count). The number of likely N-dealkylation sites (N-methyl/N-ethyl adjacent to an activating group) is 1. The summed E-state index contributed by atoms with van der Waals surface area (Å²) >= 11 is 0. The van der Waals surface area contributed by atoms with Crippen LogP contribution in [-0.2, 0) is 6.42 Å². The lowest BCUT2D eigenvalue weighted by molar-refractivity contribution is 0.100. The number of hydrogen-bond acceptors (Lipinski definition) is 2. The Balaban J connectivity index is 1.50. The minimum atomic E-state index is -0.361. The highest BCUT2D eigenvalue weighted by atomic mass is 16.1. The van der Waals surface area contributed by atoms with Gasteiger partial charge in [-0.15, -0.1) is 0 Å². The first-order valence-corrected chi connectivity index (χ1v) is 10.7. The number of nitrogens with zero attached hydrogens (tertiary/aromatic N) is 1. The monoisotopic (exact) mass is 387 g/mol. The third kappa shape index (κ3) is 3.36. The van der Waals surface area contributed by atoms with Crippen LogP contribution in [0, 0.1) is 12.8 Å². The highest BCUT2D eigenvalue weighted by molar-refractivity contribution is 5.92. The van der Waals surface area contributed by atoms with E-state index in [9.17, 15) is 4.79 Å². The predicted octanol–water partition coefficient (Wildman–Crippen LogP) is 4.34. The van der Waals surface area contributed by atoms with Gasteiger partial charge in [-0.3, -0.25) is 4.79 Å². The van der Waals surface area contributed by atoms with Crippen LogP contribution in [0.5, 0.6) is 0 Å². The van der Waals surface area contributed by atoms with Crippen LogP contribution in [0.25, 0.3) is 10.9 Å². The number of aryl methyl sites for hydroxylation is 1. The SMILES string of the molecule is Cc1cc(C2CC2)c(C[C@@H]2CN(C)C[C@H]2c2ccc(C(N)=O)cc2)c2cc[nH]c12. The number of hydrogen-bond donors (Lipinski definition) is 2. The Labute approximate surface area is 172 Å². The highest BCUT2D eigenvalue weighted by Crippen LogP contribution is 2.46. The van der Waals surface area contributed by atoms with Crippen LogP contribution in [0.1, 0.15) is 57.3 Å². The topological polar surface area (TPSA) is 62.1 Å². The Morgan fingerprint density at radius 2 is 1.93 bits per heavy atom. The van der Waals surface area contributed by atoms with Gasteiger partial charge in [-0.05, 0) is 85.5 Å². The average Bonchev–Trinajstić information content (AvgIpc) is 3.30. The van der Waals surface area contributed by atoms with Gasteiger partial charge in [0.15, 0.2) is 0 Å². The first-order valence-electron chi connectivity index (χ1n) is 10.7. The van der Waals surface area contributed by atoms with E-state index in [0.29, 0.717) is 17.4 Å². The number of carbonyl (C=O) groups is 1. The van der Waals surface area contributed by atoms with Crippen molar-refractivity contribution in [2.45, 2.75) is 38.0 Å². The van der Waals surface area contributed by atoms with Gasteiger partial charge in [0.2, 0.25) is 5.91 Å². The zero-order valence-electron chi connectivity index (χ0n) is 17.2. The summed E-state index contributed by atoms with van der Waals surface area (Å²) in [7, 11) is 2.22. The van der Waals surface area contributed by atoms with Crippen LogP contribution in [0.3, 0.4) is 0 Å². The van der Waals surface area contributed by atoms with Crippen molar-refractivity contribution >= 4 is 16.8 Å². The molecule has 0 bridgehead atoms. The van der Waals surface area contributed by atoms with Gasteiger partial charge in [0.1, 0.15) is 0 Å². The number of carbonyl (C=O) groups excluding carboxylic acids is 1. The molecule has 2 atom stereocenters. The summed E-state index contributed by atoms with van der Waals surface area (Å²) < 4.78 is 0. The van der Waals surface area contributed by atoms with Crippen LogP contribution in [0.2, 0.25) is 0 Å². The van der Waals surface area contributed by atoms with Gasteiger partial charge in [-0.25, -0.2) is 0 Å². The lowest BCUT2D eigenvalue weighted by Gasteiger charge is -2.22. The molecule has 3 N–H and O–H groups in total. The molecule has 1 saturated carbocycles. The van der Waals surface area contributed by atoms with E-state index in [4.69, 9.17) is 5.73 Å². The number of aromatic amines is 1. The second kappa shape index (κ2) is 7.03. The molecule has 3 aromatic rings. The van der Waals surface area contributed by atoms with Gasteiger partial charge >= 0.3 is 0 Å². The van der Waals surface area contributed by atoms with Crippen molar-refractivity contribution in [2.24, 2.45) is 11.7 Å². The first kappa shape index (κ1) is 18.4. The fourth-order valence-corrected chi connectivity index (χ4v) is 5.31. The number of nitrogens with two attached hydrogens (primary N) is 1. The number of amides is 1. The summed E-state index contributed by atoms with van der Waals surface area (Å²) in [5, 5.41) is 1.41. The van der Waals surface area contributed by atoms with E-state index in [1.165, 1.54) is 34.9 Å². The van der Waals surface area contributed by atoms with Crippen molar-refractivity contribution in [1.82, 2.24) is 9.88 Å². The first-order chi connectivity index (χ1) is 14.0. The van der Waals surface area contributed by atoms with Gasteiger partial charge in [0.05, 0.1) is 0 Å². The molecule has 1 aromatic heterocycles. The molecular formula is C25H29N3O. The third-order valence-electron chi connectivity index (χ3n) is 6.92. The van der Waals surface area contributed by atoms with Gasteiger partial charge in [-0.1, -0.05) is 18.2 Å². The van der Waals surface area contributed by atoms with Crippen LogP contribution < -0.4 is 5.73 Å². The lowest BCUT2D eigenvalue weighted by Crippen LogP contribution is -2.16. The van der Waals surface area contributed by atoms with E-state index >= 15 is 0 Å². The fourth-order valence-electron chi connectivity index (χ4n) is 5.31. The summed E-state index contributed by atoms with van der Waals surface area (Å²) in [6.45, 7) is 4.38. The van der Waals surface area contributed by atoms with Crippen molar-refractivity contribution in [3.8, 4) is 0 Å². The highest BCUT2D eigenvalue weighted by Gasteiger charge is 2.35. The molecule has 2 aromatic carbocycles. The molecule has 1 aliphatic carbocycles. The molecule has 1 saturated heterocycles. The minimum Gasteiger partial charge on any atom is -0.366 e. The third-order valence-corrected chi connectivity index (χ3v) is 6.92. The molecule has 2 fully saturated rings. The molecule has 2 heterocycles. The molecule has 1 amide bonds. The zero-order valence-corrected chi connectivity index (χ0v) is 17.2. The number of likely N-dealkylation sites (tertiary alicyclic amines) is 1. The summed E-state index contributed by atoms with van der Waals surface area (Å²) in [6.07, 6.45) is 5.83. The number of benzene rings is 2. The number of nitrogens with one attached hydrogen (secondary N) is 1. The Bertz CT molecular complexity index is 1060. The molecule has 29 heavy (non-hydrogen) atoms. The van der Waals surface area contributed by atoms with E-state index in [0.717, 1.165) is 25.4 Å². The minimum absolute atomic E-state index is 0.361. The average molecular weight is 388 g/mol. The summed E-state index contributed by atoms with van der Waals surface area (Å²) in [4.78, 5) is 17.3. The molecule has 0 spiro atoms. The van der Waals surface area contributed by atoms with Crippen molar-refractivity contribution < 1.29 is 4.79 Å². The molecule has 150 valence electrons. The van der Waals surface area contributed by atoms with Crippen molar-refractivity contribution in [3.63, 3.8) is 0 Å². The van der Waals surface area contributed by atoms with Gasteiger partial charge in [-0.2, -0.15) is 0 Å². The van der Waals surface area contributed by atoms with Crippen molar-refractivity contribution in [1.29, 1.82) is 0 Å². The second-order valence-corrected chi connectivity index (χ2v) is 9.08.